The average Bonchev–Trinajstić information content (AvgIpc) is 3.30. The number of halogens is 2. The van der Waals surface area contributed by atoms with E-state index in [-0.39, 0.29) is 16.3 Å². The largest absolute Gasteiger partial charge is 0.422 e. The maximum atomic E-state index is 13.1. The number of ether oxygens (including phenoxy) is 1. The Bertz CT molecular complexity index is 1650. The maximum Gasteiger partial charge on any atom is 0.345 e. The Morgan fingerprint density at radius 2 is 1.59 bits per heavy atom. The van der Waals surface area contributed by atoms with Gasteiger partial charge in [0.15, 0.2) is 0 Å². The number of amides is 1. The van der Waals surface area contributed by atoms with Crippen LogP contribution in [0, 0.1) is 0 Å². The van der Waals surface area contributed by atoms with Crippen molar-refractivity contribution in [3.63, 3.8) is 0 Å². The molecule has 0 aliphatic heterocycles. The Morgan fingerprint density at radius 3 is 2.41 bits per heavy atom. The number of hydrogen-bond acceptors (Lipinski definition) is 4. The van der Waals surface area contributed by atoms with E-state index in [9.17, 15) is 9.59 Å². The number of nitrogens with one attached hydrogen (secondary N) is 2. The Balaban J connectivity index is 1.37. The van der Waals surface area contributed by atoms with Gasteiger partial charge in [-0.3, -0.25) is 4.79 Å². The number of fused-ring (bicyclic) bond motifs is 1. The number of esters is 1. The van der Waals surface area contributed by atoms with Crippen LogP contribution in [0.15, 0.2) is 102 Å². The highest BCUT2D eigenvalue weighted by molar-refractivity contribution is 6.36. The number of carbonyl (C=O) groups excluding carboxylic acids is 2. The van der Waals surface area contributed by atoms with Crippen LogP contribution in [0.4, 0.5) is 0 Å². The summed E-state index contributed by atoms with van der Waals surface area (Å²) in [6, 6.07) is 28.7. The van der Waals surface area contributed by atoms with Gasteiger partial charge >= 0.3 is 5.97 Å². The van der Waals surface area contributed by atoms with E-state index in [1.807, 2.05) is 54.6 Å². The summed E-state index contributed by atoms with van der Waals surface area (Å²) in [6.45, 7) is 0. The molecule has 2 N–H and O–H groups in total. The Morgan fingerprint density at radius 1 is 0.865 bits per heavy atom. The third-order valence-electron chi connectivity index (χ3n) is 5.64. The van der Waals surface area contributed by atoms with Gasteiger partial charge in [-0.25, -0.2) is 10.2 Å². The fourth-order valence-corrected chi connectivity index (χ4v) is 4.41. The second kappa shape index (κ2) is 10.7. The van der Waals surface area contributed by atoms with E-state index in [4.69, 9.17) is 27.9 Å². The molecule has 0 bridgehead atoms. The van der Waals surface area contributed by atoms with E-state index < -0.39 is 11.9 Å². The van der Waals surface area contributed by atoms with Crippen molar-refractivity contribution in [3.8, 4) is 16.9 Å². The van der Waals surface area contributed by atoms with Crippen molar-refractivity contribution >= 4 is 52.2 Å². The molecule has 1 amide bonds. The number of H-pyrrole nitrogens is 1. The number of nitrogens with zero attached hydrogens (tertiary/aromatic N) is 1. The summed E-state index contributed by atoms with van der Waals surface area (Å²) in [5, 5.41) is 5.64. The normalized spacial score (nSPS) is 11.1. The zero-order valence-corrected chi connectivity index (χ0v) is 20.8. The van der Waals surface area contributed by atoms with E-state index in [0.29, 0.717) is 16.3 Å². The first kappa shape index (κ1) is 24.3. The van der Waals surface area contributed by atoms with Gasteiger partial charge in [0.05, 0.1) is 16.8 Å². The van der Waals surface area contributed by atoms with Crippen molar-refractivity contribution in [3.05, 3.63) is 124 Å². The van der Waals surface area contributed by atoms with Crippen LogP contribution in [-0.4, -0.2) is 23.1 Å². The lowest BCUT2D eigenvalue weighted by Crippen LogP contribution is -2.19. The predicted molar refractivity (Wildman–Crippen MR) is 147 cm³/mol. The number of aromatic nitrogens is 1. The number of hydrazone groups is 1. The zero-order chi connectivity index (χ0) is 25.8. The fourth-order valence-electron chi connectivity index (χ4n) is 3.92. The highest BCUT2D eigenvalue weighted by Gasteiger charge is 2.19. The van der Waals surface area contributed by atoms with E-state index in [1.165, 1.54) is 18.3 Å². The quantitative estimate of drug-likeness (QED) is 0.107. The summed E-state index contributed by atoms with van der Waals surface area (Å²) >= 11 is 12.0. The lowest BCUT2D eigenvalue weighted by molar-refractivity contribution is 0.0734. The van der Waals surface area contributed by atoms with Crippen molar-refractivity contribution in [2.24, 2.45) is 5.10 Å². The topological polar surface area (TPSA) is 83.5 Å². The molecule has 4 aromatic carbocycles. The van der Waals surface area contributed by atoms with Gasteiger partial charge in [0.2, 0.25) is 0 Å². The Kier molecular flexibility index (Phi) is 7.03. The molecule has 5 aromatic rings. The Hall–Kier alpha value is -4.39. The molecule has 0 atom stereocenters. The zero-order valence-electron chi connectivity index (χ0n) is 19.2. The van der Waals surface area contributed by atoms with E-state index in [0.717, 1.165) is 22.0 Å². The summed E-state index contributed by atoms with van der Waals surface area (Å²) < 4.78 is 5.53. The highest BCUT2D eigenvalue weighted by atomic mass is 35.5. The molecular weight excluding hydrogens is 509 g/mol. The van der Waals surface area contributed by atoms with Gasteiger partial charge in [0.25, 0.3) is 5.91 Å². The van der Waals surface area contributed by atoms with Crippen LogP contribution in [0.5, 0.6) is 5.75 Å². The number of hydrogen-bond donors (Lipinski definition) is 2. The van der Waals surface area contributed by atoms with Crippen molar-refractivity contribution in [1.82, 2.24) is 10.4 Å². The predicted octanol–water partition coefficient (Wildman–Crippen LogP) is 7.12. The molecule has 1 heterocycles. The molecule has 5 rings (SSSR count). The van der Waals surface area contributed by atoms with Gasteiger partial charge in [0, 0.05) is 27.1 Å². The van der Waals surface area contributed by atoms with E-state index in [1.54, 1.807) is 30.3 Å². The second-order valence-electron chi connectivity index (χ2n) is 8.04. The molecule has 8 heteroatoms. The van der Waals surface area contributed by atoms with E-state index in [2.05, 4.69) is 15.5 Å². The minimum absolute atomic E-state index is 0.179. The van der Waals surface area contributed by atoms with E-state index >= 15 is 0 Å². The van der Waals surface area contributed by atoms with Crippen molar-refractivity contribution < 1.29 is 14.3 Å². The second-order valence-corrected chi connectivity index (χ2v) is 8.88. The number of para-hydroxylation sites is 2. The summed E-state index contributed by atoms with van der Waals surface area (Å²) in [5.41, 5.74) is 6.17. The van der Waals surface area contributed by atoms with Gasteiger partial charge in [-0.05, 0) is 42.0 Å². The first-order valence-corrected chi connectivity index (χ1v) is 12.0. The van der Waals surface area contributed by atoms with Gasteiger partial charge in [-0.2, -0.15) is 5.10 Å². The van der Waals surface area contributed by atoms with Crippen molar-refractivity contribution in [2.75, 3.05) is 0 Å². The lowest BCUT2D eigenvalue weighted by Gasteiger charge is -2.08. The third kappa shape index (κ3) is 5.26. The van der Waals surface area contributed by atoms with Crippen molar-refractivity contribution in [2.45, 2.75) is 0 Å². The van der Waals surface area contributed by atoms with Crippen LogP contribution in [0.25, 0.3) is 22.0 Å². The van der Waals surface area contributed by atoms with Gasteiger partial charge in [-0.15, -0.1) is 0 Å². The molecule has 1 aromatic heterocycles. The SMILES string of the molecule is O=C(Oc1ccccc1C=NNC(=O)c1[nH]c2ccccc2c1-c1ccccc1)c1ccc(Cl)cc1Cl. The molecular formula is C29H19Cl2N3O3. The third-order valence-corrected chi connectivity index (χ3v) is 6.19. The molecule has 0 spiro atoms. The summed E-state index contributed by atoms with van der Waals surface area (Å²) in [6.07, 6.45) is 1.41. The number of benzene rings is 4. The molecule has 182 valence electrons. The van der Waals surface area contributed by atoms with Crippen LogP contribution >= 0.6 is 23.2 Å². The molecule has 37 heavy (non-hydrogen) atoms. The van der Waals surface area contributed by atoms with Crippen LogP contribution in [0.1, 0.15) is 26.4 Å². The summed E-state index contributed by atoms with van der Waals surface area (Å²) in [7, 11) is 0. The molecule has 0 fully saturated rings. The number of carbonyl (C=O) groups is 2. The fraction of sp³-hybridized carbons (Fsp3) is 0. The van der Waals surface area contributed by atoms with Crippen LogP contribution in [0.2, 0.25) is 10.0 Å². The monoisotopic (exact) mass is 527 g/mol. The minimum Gasteiger partial charge on any atom is -0.422 e. The van der Waals surface area contributed by atoms with Gasteiger partial charge in [0.1, 0.15) is 11.4 Å². The number of aromatic amines is 1. The van der Waals surface area contributed by atoms with Crippen LogP contribution < -0.4 is 10.2 Å². The minimum atomic E-state index is -0.642. The lowest BCUT2D eigenvalue weighted by atomic mass is 10.0. The molecule has 0 aliphatic rings. The summed E-state index contributed by atoms with van der Waals surface area (Å²) in [4.78, 5) is 29.0. The maximum absolute atomic E-state index is 13.1. The molecule has 0 unspecified atom stereocenters. The van der Waals surface area contributed by atoms with Crippen molar-refractivity contribution in [1.29, 1.82) is 0 Å². The standard InChI is InChI=1S/C29H19Cl2N3O3/c30-20-14-15-21(23(31)16-20)29(36)37-25-13-7-4-10-19(25)17-32-34-28(35)27-26(18-8-2-1-3-9-18)22-11-5-6-12-24(22)33-27/h1-17,33H,(H,34,35). The molecule has 0 saturated carbocycles. The first-order chi connectivity index (χ1) is 18.0. The molecule has 0 aliphatic carbocycles. The molecule has 0 saturated heterocycles. The molecule has 6 nitrogen and oxygen atoms in total. The smallest absolute Gasteiger partial charge is 0.345 e. The van der Waals surface area contributed by atoms with Crippen LogP contribution in [0.3, 0.4) is 0 Å². The Labute approximate surface area is 222 Å². The first-order valence-electron chi connectivity index (χ1n) is 11.3. The molecule has 0 radical (unpaired) electrons. The van der Waals surface area contributed by atoms with Gasteiger partial charge < -0.3 is 9.72 Å². The van der Waals surface area contributed by atoms with Gasteiger partial charge in [-0.1, -0.05) is 83.9 Å². The average molecular weight is 528 g/mol. The number of rotatable bonds is 6. The summed E-state index contributed by atoms with van der Waals surface area (Å²) in [5.74, 6) is -0.794. The van der Waals surface area contributed by atoms with Crippen LogP contribution in [-0.2, 0) is 0 Å². The highest BCUT2D eigenvalue weighted by Crippen LogP contribution is 2.32.